The third kappa shape index (κ3) is 5.14. The predicted octanol–water partition coefficient (Wildman–Crippen LogP) is 3.70. The van der Waals surface area contributed by atoms with Gasteiger partial charge in [0.1, 0.15) is 0 Å². The van der Waals surface area contributed by atoms with Crippen LogP contribution in [0.3, 0.4) is 0 Å². The quantitative estimate of drug-likeness (QED) is 0.539. The average Bonchev–Trinajstić information content (AvgIpc) is 2.83. The van der Waals surface area contributed by atoms with Crippen molar-refractivity contribution in [2.24, 2.45) is 0 Å². The lowest BCUT2D eigenvalue weighted by molar-refractivity contribution is 0.0980. The second-order valence-electron chi connectivity index (χ2n) is 8.46. The molecule has 0 unspecified atom stereocenters. The topological polar surface area (TPSA) is 90.0 Å². The number of hydrogen-bond acceptors (Lipinski definition) is 5. The lowest BCUT2D eigenvalue weighted by Crippen LogP contribution is -2.35. The van der Waals surface area contributed by atoms with Crippen molar-refractivity contribution in [1.29, 1.82) is 0 Å². The van der Waals surface area contributed by atoms with E-state index in [4.69, 9.17) is 0 Å². The van der Waals surface area contributed by atoms with E-state index in [2.05, 4.69) is 5.32 Å². The van der Waals surface area contributed by atoms with Gasteiger partial charge >= 0.3 is 0 Å². The Hall–Kier alpha value is -3.20. The number of sulfonamides is 1. The zero-order chi connectivity index (χ0) is 24.3. The molecule has 0 atom stereocenters. The van der Waals surface area contributed by atoms with Gasteiger partial charge in [0.25, 0.3) is 5.91 Å². The number of aliphatic hydroxyl groups excluding tert-OH is 1. The molecule has 3 aromatic rings. The number of nitrogens with zero attached hydrogens (tertiary/aromatic N) is 2. The van der Waals surface area contributed by atoms with Crippen LogP contribution in [-0.4, -0.2) is 49.7 Å². The molecule has 7 nitrogen and oxygen atoms in total. The molecule has 0 aromatic heterocycles. The molecule has 1 heterocycles. The highest BCUT2D eigenvalue weighted by atomic mass is 32.2. The van der Waals surface area contributed by atoms with Crippen LogP contribution in [0.2, 0.25) is 0 Å². The molecule has 34 heavy (non-hydrogen) atoms. The van der Waals surface area contributed by atoms with E-state index in [1.807, 2.05) is 73.7 Å². The second-order valence-corrected chi connectivity index (χ2v) is 10.4. The van der Waals surface area contributed by atoms with Gasteiger partial charge in [0.05, 0.1) is 12.9 Å². The van der Waals surface area contributed by atoms with Crippen LogP contribution in [-0.2, 0) is 23.0 Å². The molecule has 0 radical (unpaired) electrons. The molecule has 0 aliphatic carbocycles. The van der Waals surface area contributed by atoms with Crippen molar-refractivity contribution >= 4 is 33.0 Å². The van der Waals surface area contributed by atoms with Gasteiger partial charge in [-0.25, -0.2) is 8.42 Å². The van der Waals surface area contributed by atoms with E-state index in [-0.39, 0.29) is 19.1 Å². The van der Waals surface area contributed by atoms with Gasteiger partial charge in [-0.3, -0.25) is 4.79 Å². The number of rotatable bonds is 7. The third-order valence-corrected chi connectivity index (χ3v) is 7.33. The number of benzene rings is 3. The fourth-order valence-electron chi connectivity index (χ4n) is 4.27. The van der Waals surface area contributed by atoms with Crippen LogP contribution < -0.4 is 10.2 Å². The summed E-state index contributed by atoms with van der Waals surface area (Å²) in [6.45, 7) is 2.74. The monoisotopic (exact) mass is 479 g/mol. The lowest BCUT2D eigenvalue weighted by Gasteiger charge is -2.28. The summed E-state index contributed by atoms with van der Waals surface area (Å²) in [7, 11) is -3.24. The number of aryl methyl sites for hydroxylation is 1. The minimum atomic E-state index is -3.24. The number of fused-ring (bicyclic) bond motifs is 1. The van der Waals surface area contributed by atoms with E-state index in [1.54, 1.807) is 4.90 Å². The van der Waals surface area contributed by atoms with Crippen LogP contribution in [0.15, 0.2) is 66.7 Å². The fraction of sp³-hybridized carbons (Fsp3) is 0.269. The van der Waals surface area contributed by atoms with E-state index >= 15 is 0 Å². The van der Waals surface area contributed by atoms with Gasteiger partial charge in [0.2, 0.25) is 10.0 Å². The van der Waals surface area contributed by atoms with Gasteiger partial charge in [-0.05, 0) is 60.4 Å². The SMILES string of the molecule is Cc1ccc(Nc2cccc3c2CCN(S(C)(=O)=O)C3)cc1C(=O)N(CCO)c1ccccc1. The van der Waals surface area contributed by atoms with E-state index in [0.717, 1.165) is 33.8 Å². The Morgan fingerprint density at radius 2 is 1.85 bits per heavy atom. The number of amides is 1. The maximum absolute atomic E-state index is 13.4. The van der Waals surface area contributed by atoms with Gasteiger partial charge in [0, 0.05) is 42.3 Å². The van der Waals surface area contributed by atoms with Gasteiger partial charge in [-0.1, -0.05) is 36.4 Å². The fourth-order valence-corrected chi connectivity index (χ4v) is 5.07. The van der Waals surface area contributed by atoms with Crippen LogP contribution >= 0.6 is 0 Å². The van der Waals surface area contributed by atoms with Gasteiger partial charge < -0.3 is 15.3 Å². The first-order chi connectivity index (χ1) is 16.3. The van der Waals surface area contributed by atoms with Crippen molar-refractivity contribution in [1.82, 2.24) is 4.31 Å². The molecule has 178 valence electrons. The largest absolute Gasteiger partial charge is 0.395 e. The first-order valence-corrected chi connectivity index (χ1v) is 13.0. The number of anilines is 3. The highest BCUT2D eigenvalue weighted by Gasteiger charge is 2.25. The number of aliphatic hydroxyl groups is 1. The van der Waals surface area contributed by atoms with E-state index in [1.165, 1.54) is 10.6 Å². The number of hydrogen-bond donors (Lipinski definition) is 2. The standard InChI is InChI=1S/C26H29N3O4S/c1-19-11-12-21(17-24(19)26(31)29(15-16-30)22-8-4-3-5-9-22)27-25-10-6-7-20-18-28(34(2,32)33)14-13-23(20)25/h3-12,17,27,30H,13-16,18H2,1-2H3. The molecule has 0 bridgehead atoms. The Balaban J connectivity index is 1.62. The minimum absolute atomic E-state index is 0.141. The Bertz CT molecular complexity index is 1290. The number of carbonyl (C=O) groups excluding carboxylic acids is 1. The molecule has 1 amide bonds. The van der Waals surface area contributed by atoms with Gasteiger partial charge in [0.15, 0.2) is 0 Å². The summed E-state index contributed by atoms with van der Waals surface area (Å²) in [6, 6.07) is 20.8. The molecule has 8 heteroatoms. The first-order valence-electron chi connectivity index (χ1n) is 11.2. The van der Waals surface area contributed by atoms with E-state index in [9.17, 15) is 18.3 Å². The normalized spacial score (nSPS) is 13.9. The number of para-hydroxylation sites is 1. The summed E-state index contributed by atoms with van der Waals surface area (Å²) in [5.74, 6) is -0.180. The highest BCUT2D eigenvalue weighted by Crippen LogP contribution is 2.30. The molecule has 3 aromatic carbocycles. The maximum Gasteiger partial charge on any atom is 0.258 e. The van der Waals surface area contributed by atoms with Crippen molar-refractivity contribution in [3.8, 4) is 0 Å². The Morgan fingerprint density at radius 3 is 2.56 bits per heavy atom. The minimum Gasteiger partial charge on any atom is -0.395 e. The van der Waals surface area contributed by atoms with E-state index < -0.39 is 10.0 Å². The van der Waals surface area contributed by atoms with Crippen LogP contribution in [0.1, 0.15) is 27.0 Å². The summed E-state index contributed by atoms with van der Waals surface area (Å²) in [6.07, 6.45) is 1.85. The summed E-state index contributed by atoms with van der Waals surface area (Å²) in [5, 5.41) is 13.0. The van der Waals surface area contributed by atoms with Gasteiger partial charge in [-0.2, -0.15) is 4.31 Å². The molecule has 0 saturated carbocycles. The Labute approximate surface area is 200 Å². The molecule has 0 fully saturated rings. The zero-order valence-electron chi connectivity index (χ0n) is 19.4. The molecule has 0 saturated heterocycles. The first kappa shape index (κ1) is 23.9. The smallest absolute Gasteiger partial charge is 0.258 e. The van der Waals surface area contributed by atoms with E-state index in [0.29, 0.717) is 25.1 Å². The lowest BCUT2D eigenvalue weighted by atomic mass is 9.98. The van der Waals surface area contributed by atoms with Gasteiger partial charge in [-0.15, -0.1) is 0 Å². The summed E-state index contributed by atoms with van der Waals surface area (Å²) in [5.41, 5.74) is 5.86. The Morgan fingerprint density at radius 1 is 1.09 bits per heavy atom. The summed E-state index contributed by atoms with van der Waals surface area (Å²) < 4.78 is 25.4. The highest BCUT2D eigenvalue weighted by molar-refractivity contribution is 7.88. The third-order valence-electron chi connectivity index (χ3n) is 6.08. The second kappa shape index (κ2) is 9.97. The van der Waals surface area contributed by atoms with Crippen molar-refractivity contribution < 1.29 is 18.3 Å². The molecular weight excluding hydrogens is 450 g/mol. The molecular formula is C26H29N3O4S. The molecule has 1 aliphatic rings. The zero-order valence-corrected chi connectivity index (χ0v) is 20.2. The van der Waals surface area contributed by atoms with Crippen LogP contribution in [0.4, 0.5) is 17.1 Å². The number of carbonyl (C=O) groups is 1. The van der Waals surface area contributed by atoms with Crippen molar-refractivity contribution in [3.05, 3.63) is 89.0 Å². The van der Waals surface area contributed by atoms with Crippen molar-refractivity contribution in [3.63, 3.8) is 0 Å². The number of nitrogens with one attached hydrogen (secondary N) is 1. The van der Waals surface area contributed by atoms with Crippen LogP contribution in [0, 0.1) is 6.92 Å². The summed E-state index contributed by atoms with van der Waals surface area (Å²) in [4.78, 5) is 15.0. The molecule has 4 rings (SSSR count). The summed E-state index contributed by atoms with van der Waals surface area (Å²) >= 11 is 0. The van der Waals surface area contributed by atoms with Crippen molar-refractivity contribution in [2.75, 3.05) is 36.2 Å². The Kier molecular flexibility index (Phi) is 7.02. The van der Waals surface area contributed by atoms with Crippen LogP contribution in [0.25, 0.3) is 0 Å². The maximum atomic E-state index is 13.4. The average molecular weight is 480 g/mol. The molecule has 0 spiro atoms. The molecule has 2 N–H and O–H groups in total. The van der Waals surface area contributed by atoms with Crippen LogP contribution in [0.5, 0.6) is 0 Å². The predicted molar refractivity (Wildman–Crippen MR) is 135 cm³/mol. The molecule has 1 aliphatic heterocycles. The van der Waals surface area contributed by atoms with Crippen molar-refractivity contribution in [2.45, 2.75) is 19.9 Å².